The fourth-order valence-electron chi connectivity index (χ4n) is 2.15. The van der Waals surface area contributed by atoms with Crippen LogP contribution in [0.5, 0.6) is 0 Å². The zero-order valence-corrected chi connectivity index (χ0v) is 9.83. The molecule has 0 aromatic heterocycles. The van der Waals surface area contributed by atoms with Gasteiger partial charge in [-0.1, -0.05) is 0 Å². The number of amides is 2. The normalized spacial score (nSPS) is 24.4. The number of hydrogen-bond donors (Lipinski definition) is 2. The molecular weight excluding hydrogens is 253 g/mol. The van der Waals surface area contributed by atoms with Gasteiger partial charge in [-0.05, 0) is 25.7 Å². The number of hydrogen-bond acceptors (Lipinski definition) is 2. The number of nitrogens with zero attached hydrogens (tertiary/aromatic N) is 1. The summed E-state index contributed by atoms with van der Waals surface area (Å²) in [4.78, 5) is 22.1. The van der Waals surface area contributed by atoms with Crippen molar-refractivity contribution in [2.75, 3.05) is 7.05 Å². The van der Waals surface area contributed by atoms with Crippen molar-refractivity contribution in [2.45, 2.75) is 43.9 Å². The third-order valence-electron chi connectivity index (χ3n) is 3.13. The van der Waals surface area contributed by atoms with Crippen molar-refractivity contribution in [1.82, 2.24) is 10.2 Å². The van der Waals surface area contributed by atoms with E-state index in [0.717, 1.165) is 7.05 Å². The zero-order chi connectivity index (χ0) is 13.9. The molecule has 104 valence electrons. The van der Waals surface area contributed by atoms with Gasteiger partial charge < -0.3 is 15.3 Å². The summed E-state index contributed by atoms with van der Waals surface area (Å²) in [6.07, 6.45) is -4.39. The number of carboxylic acid groups (broad SMARTS) is 1. The van der Waals surface area contributed by atoms with E-state index in [2.05, 4.69) is 5.32 Å². The molecule has 1 fully saturated rings. The molecule has 1 rings (SSSR count). The van der Waals surface area contributed by atoms with Crippen molar-refractivity contribution >= 4 is 12.0 Å². The Labute approximate surface area is 102 Å². The number of halogens is 3. The first-order valence-corrected chi connectivity index (χ1v) is 5.55. The number of carbonyl (C=O) groups is 2. The summed E-state index contributed by atoms with van der Waals surface area (Å²) in [5.74, 6) is -1.85. The zero-order valence-electron chi connectivity index (χ0n) is 9.83. The van der Waals surface area contributed by atoms with Crippen LogP contribution in [0.3, 0.4) is 0 Å². The summed E-state index contributed by atoms with van der Waals surface area (Å²) < 4.78 is 36.7. The molecule has 1 saturated carbocycles. The number of alkyl halides is 3. The molecule has 1 aliphatic rings. The fraction of sp³-hybridized carbons (Fsp3) is 0.800. The lowest BCUT2D eigenvalue weighted by Crippen LogP contribution is -2.48. The molecule has 8 heteroatoms. The van der Waals surface area contributed by atoms with Crippen molar-refractivity contribution in [1.29, 1.82) is 0 Å². The van der Waals surface area contributed by atoms with E-state index in [4.69, 9.17) is 5.11 Å². The van der Waals surface area contributed by atoms with Crippen LogP contribution in [0.15, 0.2) is 0 Å². The predicted octanol–water partition coefficient (Wildman–Crippen LogP) is 1.59. The van der Waals surface area contributed by atoms with Gasteiger partial charge >= 0.3 is 18.2 Å². The molecule has 2 amide bonds. The molecule has 0 aromatic carbocycles. The van der Waals surface area contributed by atoms with E-state index in [9.17, 15) is 22.8 Å². The summed E-state index contributed by atoms with van der Waals surface area (Å²) in [5.41, 5.74) is 0. The number of carbonyl (C=O) groups excluding carboxylic acids is 1. The highest BCUT2D eigenvalue weighted by Gasteiger charge is 2.43. The molecular formula is C10H15F3N2O3. The van der Waals surface area contributed by atoms with E-state index in [1.165, 1.54) is 0 Å². The first-order chi connectivity index (χ1) is 8.21. The first-order valence-electron chi connectivity index (χ1n) is 5.55. The maximum Gasteiger partial charge on any atom is 0.471 e. The van der Waals surface area contributed by atoms with Crippen LogP contribution in [-0.4, -0.2) is 47.3 Å². The average molecular weight is 268 g/mol. The molecule has 0 aromatic rings. The van der Waals surface area contributed by atoms with Gasteiger partial charge in [-0.15, -0.1) is 0 Å². The molecule has 0 atom stereocenters. The Morgan fingerprint density at radius 1 is 1.22 bits per heavy atom. The number of rotatable bonds is 2. The van der Waals surface area contributed by atoms with Crippen LogP contribution in [0.25, 0.3) is 0 Å². The standard InChI is InChI=1S/C10H15F3N2O3/c1-15(8(16)10(11,12)13)7-4-2-6(3-5-7)14-9(17)18/h6-7,14H,2-5H2,1H3,(H,17,18). The minimum Gasteiger partial charge on any atom is -0.465 e. The molecule has 0 saturated heterocycles. The molecule has 0 spiro atoms. The molecule has 0 bridgehead atoms. The summed E-state index contributed by atoms with van der Waals surface area (Å²) in [5, 5.41) is 10.8. The van der Waals surface area contributed by atoms with E-state index in [1.54, 1.807) is 0 Å². The second-order valence-electron chi connectivity index (χ2n) is 4.37. The fourth-order valence-corrected chi connectivity index (χ4v) is 2.15. The van der Waals surface area contributed by atoms with Crippen LogP contribution >= 0.6 is 0 Å². The van der Waals surface area contributed by atoms with Crippen molar-refractivity contribution in [3.63, 3.8) is 0 Å². The topological polar surface area (TPSA) is 69.6 Å². The smallest absolute Gasteiger partial charge is 0.465 e. The van der Waals surface area contributed by atoms with E-state index in [0.29, 0.717) is 30.6 Å². The highest BCUT2D eigenvalue weighted by atomic mass is 19.4. The summed E-state index contributed by atoms with van der Waals surface area (Å²) in [6, 6.07) is -0.723. The largest absolute Gasteiger partial charge is 0.471 e. The summed E-state index contributed by atoms with van der Waals surface area (Å²) in [7, 11) is 1.13. The molecule has 0 unspecified atom stereocenters. The van der Waals surface area contributed by atoms with Gasteiger partial charge in [0.2, 0.25) is 0 Å². The number of nitrogens with one attached hydrogen (secondary N) is 1. The third kappa shape index (κ3) is 3.78. The Balaban J connectivity index is 2.48. The first kappa shape index (κ1) is 14.6. The molecule has 2 N–H and O–H groups in total. The summed E-state index contributed by atoms with van der Waals surface area (Å²) >= 11 is 0. The van der Waals surface area contributed by atoms with E-state index in [-0.39, 0.29) is 6.04 Å². The van der Waals surface area contributed by atoms with Gasteiger partial charge in [-0.3, -0.25) is 4.79 Å². The maximum absolute atomic E-state index is 12.2. The Bertz CT molecular complexity index is 325. The van der Waals surface area contributed by atoms with Crippen LogP contribution < -0.4 is 5.32 Å². The minimum atomic E-state index is -4.86. The molecule has 1 aliphatic carbocycles. The van der Waals surface area contributed by atoms with Gasteiger partial charge in [-0.2, -0.15) is 13.2 Å². The maximum atomic E-state index is 12.2. The predicted molar refractivity (Wildman–Crippen MR) is 56.0 cm³/mol. The van der Waals surface area contributed by atoms with Crippen molar-refractivity contribution in [3.05, 3.63) is 0 Å². The lowest BCUT2D eigenvalue weighted by molar-refractivity contribution is -0.186. The van der Waals surface area contributed by atoms with Crippen molar-refractivity contribution in [3.8, 4) is 0 Å². The molecule has 5 nitrogen and oxygen atoms in total. The van der Waals surface area contributed by atoms with Crippen LogP contribution in [0.1, 0.15) is 25.7 Å². The molecule has 0 radical (unpaired) electrons. The lowest BCUT2D eigenvalue weighted by Gasteiger charge is -2.34. The van der Waals surface area contributed by atoms with Gasteiger partial charge in [0.15, 0.2) is 0 Å². The van der Waals surface area contributed by atoms with Gasteiger partial charge in [-0.25, -0.2) is 4.79 Å². The molecule has 18 heavy (non-hydrogen) atoms. The van der Waals surface area contributed by atoms with Gasteiger partial charge in [0.1, 0.15) is 0 Å². The SMILES string of the molecule is CN(C(=O)C(F)(F)F)C1CCC(NC(=O)O)CC1. The Morgan fingerprint density at radius 2 is 1.72 bits per heavy atom. The second-order valence-corrected chi connectivity index (χ2v) is 4.37. The Morgan fingerprint density at radius 3 is 2.11 bits per heavy atom. The monoisotopic (exact) mass is 268 g/mol. The van der Waals surface area contributed by atoms with Crippen LogP contribution in [0, 0.1) is 0 Å². The quantitative estimate of drug-likeness (QED) is 0.799. The van der Waals surface area contributed by atoms with Crippen LogP contribution in [0.4, 0.5) is 18.0 Å². The van der Waals surface area contributed by atoms with E-state index >= 15 is 0 Å². The molecule has 0 aliphatic heterocycles. The highest BCUT2D eigenvalue weighted by Crippen LogP contribution is 2.26. The highest BCUT2D eigenvalue weighted by molar-refractivity contribution is 5.81. The van der Waals surface area contributed by atoms with E-state index < -0.39 is 24.2 Å². The molecule has 0 heterocycles. The third-order valence-corrected chi connectivity index (χ3v) is 3.13. The van der Waals surface area contributed by atoms with E-state index in [1.807, 2.05) is 0 Å². The lowest BCUT2D eigenvalue weighted by atomic mass is 9.90. The second kappa shape index (κ2) is 5.45. The van der Waals surface area contributed by atoms with Crippen LogP contribution in [0.2, 0.25) is 0 Å². The Hall–Kier alpha value is -1.47. The van der Waals surface area contributed by atoms with Crippen molar-refractivity contribution < 1.29 is 27.9 Å². The van der Waals surface area contributed by atoms with Crippen LogP contribution in [-0.2, 0) is 4.79 Å². The van der Waals surface area contributed by atoms with Gasteiger partial charge in [0.05, 0.1) is 0 Å². The van der Waals surface area contributed by atoms with Crippen molar-refractivity contribution in [2.24, 2.45) is 0 Å². The minimum absolute atomic E-state index is 0.242. The average Bonchev–Trinajstić information content (AvgIpc) is 2.26. The summed E-state index contributed by atoms with van der Waals surface area (Å²) in [6.45, 7) is 0. The Kier molecular flexibility index (Phi) is 4.42. The van der Waals surface area contributed by atoms with Gasteiger partial charge in [0.25, 0.3) is 0 Å². The van der Waals surface area contributed by atoms with Gasteiger partial charge in [0, 0.05) is 19.1 Å².